The third-order valence-corrected chi connectivity index (χ3v) is 5.44. The fourth-order valence-corrected chi connectivity index (χ4v) is 3.83. The quantitative estimate of drug-likeness (QED) is 0.613. The first-order chi connectivity index (χ1) is 13.5. The van der Waals surface area contributed by atoms with E-state index in [1.165, 1.54) is 0 Å². The highest BCUT2D eigenvalue weighted by Gasteiger charge is 2.32. The molecule has 0 fully saturated rings. The molecule has 0 saturated heterocycles. The molecule has 2 aromatic rings. The van der Waals surface area contributed by atoms with E-state index in [2.05, 4.69) is 0 Å². The Balaban J connectivity index is 2.21. The Kier molecular flexibility index (Phi) is 7.64. The fourth-order valence-electron chi connectivity index (χ4n) is 3.11. The van der Waals surface area contributed by atoms with E-state index in [0.29, 0.717) is 19.5 Å². The van der Waals surface area contributed by atoms with Crippen LogP contribution in [0.15, 0.2) is 47.8 Å². The molecule has 2 rings (SSSR count). The number of thiophene rings is 1. The summed E-state index contributed by atoms with van der Waals surface area (Å²) in [5.41, 5.74) is 0.546. The van der Waals surface area contributed by atoms with Crippen LogP contribution >= 0.6 is 11.3 Å². The van der Waals surface area contributed by atoms with Crippen LogP contribution in [0.4, 0.5) is 0 Å². The number of carbonyl (C=O) groups excluding carboxylic acids is 2. The summed E-state index contributed by atoms with van der Waals surface area (Å²) in [5.74, 6) is -0.00595. The second-order valence-electron chi connectivity index (χ2n) is 9.70. The van der Waals surface area contributed by atoms with Crippen molar-refractivity contribution in [2.24, 2.45) is 5.41 Å². The summed E-state index contributed by atoms with van der Waals surface area (Å²) < 4.78 is 0. The zero-order chi connectivity index (χ0) is 21.7. The van der Waals surface area contributed by atoms with Gasteiger partial charge in [-0.25, -0.2) is 0 Å². The van der Waals surface area contributed by atoms with E-state index in [0.717, 1.165) is 10.4 Å². The molecule has 0 bridgehead atoms. The Morgan fingerprint density at radius 3 is 2.03 bits per heavy atom. The minimum absolute atomic E-state index is 0.0223. The lowest BCUT2D eigenvalue weighted by atomic mass is 9.90. The highest BCUT2D eigenvalue weighted by molar-refractivity contribution is 7.09. The Labute approximate surface area is 179 Å². The van der Waals surface area contributed by atoms with Crippen LogP contribution in [0.25, 0.3) is 0 Å². The predicted molar refractivity (Wildman–Crippen MR) is 121 cm³/mol. The van der Waals surface area contributed by atoms with E-state index in [1.807, 2.05) is 94.3 Å². The third-order valence-electron chi connectivity index (χ3n) is 4.58. The molecule has 0 spiro atoms. The van der Waals surface area contributed by atoms with Crippen molar-refractivity contribution in [3.63, 3.8) is 0 Å². The van der Waals surface area contributed by atoms with Crippen molar-refractivity contribution in [3.8, 4) is 0 Å². The van der Waals surface area contributed by atoms with Crippen molar-refractivity contribution in [1.82, 2.24) is 9.80 Å². The summed E-state index contributed by atoms with van der Waals surface area (Å²) in [7, 11) is 0. The van der Waals surface area contributed by atoms with Crippen molar-refractivity contribution in [2.75, 3.05) is 6.54 Å². The average molecular weight is 415 g/mol. The van der Waals surface area contributed by atoms with Gasteiger partial charge in [0.15, 0.2) is 0 Å². The SMILES string of the molecule is CC(C)(C)CC(=O)N(CC(=O)N(Cc1ccccc1)Cc1cccs1)C(C)(C)C. The summed E-state index contributed by atoms with van der Waals surface area (Å²) in [6.07, 6.45) is 0.418. The zero-order valence-corrected chi connectivity index (χ0v) is 19.4. The number of nitrogens with zero attached hydrogens (tertiary/aromatic N) is 2. The summed E-state index contributed by atoms with van der Waals surface area (Å²) in [6.45, 7) is 13.3. The van der Waals surface area contributed by atoms with E-state index in [-0.39, 0.29) is 23.8 Å². The Morgan fingerprint density at radius 2 is 1.52 bits per heavy atom. The third kappa shape index (κ3) is 7.65. The van der Waals surface area contributed by atoms with Crippen LogP contribution in [0.1, 0.15) is 58.4 Å². The van der Waals surface area contributed by atoms with Crippen LogP contribution in [0.3, 0.4) is 0 Å². The van der Waals surface area contributed by atoms with Crippen molar-refractivity contribution in [1.29, 1.82) is 0 Å². The molecule has 0 aliphatic carbocycles. The Hall–Kier alpha value is -2.14. The van der Waals surface area contributed by atoms with Gasteiger partial charge in [0.2, 0.25) is 11.8 Å². The van der Waals surface area contributed by atoms with Crippen LogP contribution < -0.4 is 0 Å². The Bertz CT molecular complexity index is 787. The lowest BCUT2D eigenvalue weighted by Crippen LogP contribution is -2.51. The fraction of sp³-hybridized carbons (Fsp3) is 0.500. The smallest absolute Gasteiger partial charge is 0.242 e. The van der Waals surface area contributed by atoms with Crippen LogP contribution in [-0.4, -0.2) is 33.7 Å². The maximum Gasteiger partial charge on any atom is 0.242 e. The first-order valence-corrected chi connectivity index (χ1v) is 11.0. The van der Waals surface area contributed by atoms with Crippen LogP contribution in [0.2, 0.25) is 0 Å². The monoisotopic (exact) mass is 414 g/mol. The molecule has 4 nitrogen and oxygen atoms in total. The number of amides is 2. The zero-order valence-electron chi connectivity index (χ0n) is 18.6. The maximum absolute atomic E-state index is 13.3. The minimum atomic E-state index is -0.417. The molecule has 0 aliphatic heterocycles. The molecule has 0 N–H and O–H groups in total. The highest BCUT2D eigenvalue weighted by atomic mass is 32.1. The lowest BCUT2D eigenvalue weighted by Gasteiger charge is -2.38. The van der Waals surface area contributed by atoms with Gasteiger partial charge in [-0.2, -0.15) is 0 Å². The number of carbonyl (C=O) groups is 2. The van der Waals surface area contributed by atoms with E-state index in [1.54, 1.807) is 16.2 Å². The van der Waals surface area contributed by atoms with Gasteiger partial charge in [-0.15, -0.1) is 11.3 Å². The summed E-state index contributed by atoms with van der Waals surface area (Å²) in [6, 6.07) is 14.0. The van der Waals surface area contributed by atoms with Gasteiger partial charge in [0, 0.05) is 23.4 Å². The van der Waals surface area contributed by atoms with Gasteiger partial charge in [-0.3, -0.25) is 9.59 Å². The molecule has 1 heterocycles. The van der Waals surface area contributed by atoms with E-state index >= 15 is 0 Å². The van der Waals surface area contributed by atoms with E-state index in [9.17, 15) is 9.59 Å². The van der Waals surface area contributed by atoms with Crippen LogP contribution in [0.5, 0.6) is 0 Å². The van der Waals surface area contributed by atoms with E-state index < -0.39 is 5.54 Å². The lowest BCUT2D eigenvalue weighted by molar-refractivity contribution is -0.146. The summed E-state index contributed by atoms with van der Waals surface area (Å²) in [4.78, 5) is 31.1. The minimum Gasteiger partial charge on any atom is -0.332 e. The van der Waals surface area contributed by atoms with Gasteiger partial charge < -0.3 is 9.80 Å². The molecule has 1 aromatic carbocycles. The van der Waals surface area contributed by atoms with Gasteiger partial charge in [0.1, 0.15) is 6.54 Å². The molecule has 0 atom stereocenters. The molecular weight excluding hydrogens is 380 g/mol. The standard InChI is InChI=1S/C24H34N2O2S/c1-23(2,3)15-21(27)26(24(4,5)6)18-22(28)25(17-20-13-10-14-29-20)16-19-11-8-7-9-12-19/h7-14H,15-18H2,1-6H3. The summed E-state index contributed by atoms with van der Waals surface area (Å²) >= 11 is 1.64. The molecule has 0 saturated carbocycles. The molecule has 158 valence electrons. The van der Waals surface area contributed by atoms with Crippen LogP contribution in [0, 0.1) is 5.41 Å². The normalized spacial score (nSPS) is 11.9. The van der Waals surface area contributed by atoms with Crippen LogP contribution in [-0.2, 0) is 22.7 Å². The number of benzene rings is 1. The van der Waals surface area contributed by atoms with Gasteiger partial charge in [0.25, 0.3) is 0 Å². The number of hydrogen-bond donors (Lipinski definition) is 0. The molecule has 29 heavy (non-hydrogen) atoms. The molecule has 0 radical (unpaired) electrons. The van der Waals surface area contributed by atoms with Crippen molar-refractivity contribution in [2.45, 2.75) is 66.6 Å². The van der Waals surface area contributed by atoms with Gasteiger partial charge in [-0.05, 0) is 43.2 Å². The predicted octanol–water partition coefficient (Wildman–Crippen LogP) is 5.34. The van der Waals surface area contributed by atoms with Gasteiger partial charge in [-0.1, -0.05) is 57.2 Å². The molecule has 5 heteroatoms. The van der Waals surface area contributed by atoms with Crippen molar-refractivity contribution < 1.29 is 9.59 Å². The first-order valence-electron chi connectivity index (χ1n) is 10.1. The number of hydrogen-bond acceptors (Lipinski definition) is 3. The molecule has 2 amide bonds. The van der Waals surface area contributed by atoms with Crippen molar-refractivity contribution in [3.05, 3.63) is 58.3 Å². The molecule has 0 unspecified atom stereocenters. The number of rotatable bonds is 7. The second-order valence-corrected chi connectivity index (χ2v) is 10.7. The topological polar surface area (TPSA) is 40.6 Å². The van der Waals surface area contributed by atoms with E-state index in [4.69, 9.17) is 0 Å². The maximum atomic E-state index is 13.3. The van der Waals surface area contributed by atoms with Crippen molar-refractivity contribution >= 4 is 23.2 Å². The highest BCUT2D eigenvalue weighted by Crippen LogP contribution is 2.24. The molecule has 1 aromatic heterocycles. The first kappa shape index (κ1) is 23.1. The summed E-state index contributed by atoms with van der Waals surface area (Å²) in [5, 5.41) is 2.02. The Morgan fingerprint density at radius 1 is 0.862 bits per heavy atom. The molecular formula is C24H34N2O2S. The average Bonchev–Trinajstić information content (AvgIpc) is 3.10. The largest absolute Gasteiger partial charge is 0.332 e. The van der Waals surface area contributed by atoms with Gasteiger partial charge in [0.05, 0.1) is 6.54 Å². The van der Waals surface area contributed by atoms with Gasteiger partial charge >= 0.3 is 0 Å². The molecule has 0 aliphatic rings. The second kappa shape index (κ2) is 9.57.